The van der Waals surface area contributed by atoms with Crippen molar-refractivity contribution in [2.45, 2.75) is 38.6 Å². The molecule has 2 nitrogen and oxygen atoms in total. The largest absolute Gasteiger partial charge is 0.312 e. The summed E-state index contributed by atoms with van der Waals surface area (Å²) >= 11 is 7.77. The summed E-state index contributed by atoms with van der Waals surface area (Å²) in [6, 6.07) is 7.98. The molecule has 0 amide bonds. The summed E-state index contributed by atoms with van der Waals surface area (Å²) in [5.41, 5.74) is 2.49. The second kappa shape index (κ2) is 6.25. The standard InChI is InChI=1S/C16H19ClN2S/c1-2-9-18-10-14-15(11-3-4-11)19-16(20-14)12-5-7-13(17)8-6-12/h5-8,11,18H,2-4,9-10H2,1H3. The Labute approximate surface area is 129 Å². The predicted octanol–water partition coefficient (Wildman–Crippen LogP) is 4.84. The van der Waals surface area contributed by atoms with Crippen molar-refractivity contribution in [2.75, 3.05) is 6.54 Å². The molecule has 106 valence electrons. The van der Waals surface area contributed by atoms with Crippen LogP contribution >= 0.6 is 22.9 Å². The van der Waals surface area contributed by atoms with E-state index in [0.717, 1.165) is 23.1 Å². The maximum absolute atomic E-state index is 5.95. The number of rotatable bonds is 6. The van der Waals surface area contributed by atoms with Crippen molar-refractivity contribution in [3.63, 3.8) is 0 Å². The van der Waals surface area contributed by atoms with Gasteiger partial charge in [0.15, 0.2) is 0 Å². The topological polar surface area (TPSA) is 24.9 Å². The van der Waals surface area contributed by atoms with Crippen LogP contribution in [0.2, 0.25) is 5.02 Å². The Balaban J connectivity index is 1.84. The minimum Gasteiger partial charge on any atom is -0.312 e. The van der Waals surface area contributed by atoms with Crippen molar-refractivity contribution in [2.24, 2.45) is 0 Å². The Morgan fingerprint density at radius 2 is 2.05 bits per heavy atom. The second-order valence-corrected chi connectivity index (χ2v) is 6.81. The molecule has 0 radical (unpaired) electrons. The highest BCUT2D eigenvalue weighted by Crippen LogP contribution is 2.44. The smallest absolute Gasteiger partial charge is 0.123 e. The summed E-state index contributed by atoms with van der Waals surface area (Å²) in [4.78, 5) is 6.29. The molecule has 1 aromatic carbocycles. The summed E-state index contributed by atoms with van der Waals surface area (Å²) in [6.07, 6.45) is 3.76. The second-order valence-electron chi connectivity index (χ2n) is 5.29. The van der Waals surface area contributed by atoms with Crippen LogP contribution in [-0.4, -0.2) is 11.5 Å². The molecule has 1 aromatic heterocycles. The molecule has 2 aromatic rings. The molecule has 4 heteroatoms. The fourth-order valence-corrected chi connectivity index (χ4v) is 3.51. The van der Waals surface area contributed by atoms with Crippen molar-refractivity contribution >= 4 is 22.9 Å². The van der Waals surface area contributed by atoms with Gasteiger partial charge >= 0.3 is 0 Å². The lowest BCUT2D eigenvalue weighted by Crippen LogP contribution is -2.13. The molecule has 0 unspecified atom stereocenters. The molecule has 1 saturated carbocycles. The third kappa shape index (κ3) is 3.22. The molecular formula is C16H19ClN2S. The van der Waals surface area contributed by atoms with Crippen LogP contribution in [0.5, 0.6) is 0 Å². The van der Waals surface area contributed by atoms with Gasteiger partial charge in [-0.1, -0.05) is 30.7 Å². The van der Waals surface area contributed by atoms with Gasteiger partial charge in [0.05, 0.1) is 5.69 Å². The number of benzene rings is 1. The lowest BCUT2D eigenvalue weighted by molar-refractivity contribution is 0.676. The number of hydrogen-bond donors (Lipinski definition) is 1. The van der Waals surface area contributed by atoms with Gasteiger partial charge < -0.3 is 5.32 Å². The van der Waals surface area contributed by atoms with Crippen LogP contribution in [-0.2, 0) is 6.54 Å². The minimum atomic E-state index is 0.700. The number of hydrogen-bond acceptors (Lipinski definition) is 3. The first-order valence-electron chi connectivity index (χ1n) is 7.24. The molecule has 0 bridgehead atoms. The van der Waals surface area contributed by atoms with Crippen molar-refractivity contribution in [1.29, 1.82) is 0 Å². The van der Waals surface area contributed by atoms with Gasteiger partial charge in [-0.2, -0.15) is 0 Å². The summed E-state index contributed by atoms with van der Waals surface area (Å²) in [6.45, 7) is 4.21. The first-order valence-corrected chi connectivity index (χ1v) is 8.43. The third-order valence-electron chi connectivity index (χ3n) is 3.50. The van der Waals surface area contributed by atoms with E-state index in [1.54, 1.807) is 0 Å². The highest BCUT2D eigenvalue weighted by molar-refractivity contribution is 7.15. The lowest BCUT2D eigenvalue weighted by atomic mass is 10.2. The number of aromatic nitrogens is 1. The van der Waals surface area contributed by atoms with Gasteiger partial charge in [0.25, 0.3) is 0 Å². The van der Waals surface area contributed by atoms with Crippen LogP contribution in [0.25, 0.3) is 10.6 Å². The van der Waals surface area contributed by atoms with E-state index in [2.05, 4.69) is 24.4 Å². The molecule has 20 heavy (non-hydrogen) atoms. The van der Waals surface area contributed by atoms with Crippen molar-refractivity contribution < 1.29 is 0 Å². The molecule has 0 saturated heterocycles. The summed E-state index contributed by atoms with van der Waals surface area (Å²) in [5.74, 6) is 0.700. The van der Waals surface area contributed by atoms with E-state index in [4.69, 9.17) is 16.6 Å². The Kier molecular flexibility index (Phi) is 4.39. The zero-order valence-electron chi connectivity index (χ0n) is 11.7. The van der Waals surface area contributed by atoms with Gasteiger partial charge in [-0.3, -0.25) is 0 Å². The molecule has 1 fully saturated rings. The van der Waals surface area contributed by atoms with Crippen LogP contribution in [0.4, 0.5) is 0 Å². The average molecular weight is 307 g/mol. The van der Waals surface area contributed by atoms with Crippen molar-refractivity contribution in [3.8, 4) is 10.6 Å². The molecular weight excluding hydrogens is 288 g/mol. The Morgan fingerprint density at radius 1 is 1.30 bits per heavy atom. The third-order valence-corrected chi connectivity index (χ3v) is 4.87. The van der Waals surface area contributed by atoms with Crippen LogP contribution in [0, 0.1) is 0 Å². The number of halogens is 1. The zero-order chi connectivity index (χ0) is 13.9. The van der Waals surface area contributed by atoms with E-state index in [-0.39, 0.29) is 0 Å². The molecule has 0 atom stereocenters. The van der Waals surface area contributed by atoms with E-state index >= 15 is 0 Å². The first-order chi connectivity index (χ1) is 9.78. The highest BCUT2D eigenvalue weighted by Gasteiger charge is 2.29. The summed E-state index contributed by atoms with van der Waals surface area (Å²) < 4.78 is 0. The van der Waals surface area contributed by atoms with Gasteiger partial charge in [0.2, 0.25) is 0 Å². The van der Waals surface area contributed by atoms with E-state index in [1.807, 2.05) is 23.5 Å². The first kappa shape index (κ1) is 14.1. The van der Waals surface area contributed by atoms with Crippen LogP contribution in [0.15, 0.2) is 24.3 Å². The Morgan fingerprint density at radius 3 is 2.70 bits per heavy atom. The zero-order valence-corrected chi connectivity index (χ0v) is 13.2. The fraction of sp³-hybridized carbons (Fsp3) is 0.438. The maximum atomic E-state index is 5.95. The van der Waals surface area contributed by atoms with E-state index in [1.165, 1.54) is 35.4 Å². The monoisotopic (exact) mass is 306 g/mol. The number of nitrogens with zero attached hydrogens (tertiary/aromatic N) is 1. The molecule has 0 aliphatic heterocycles. The molecule has 1 aliphatic rings. The number of nitrogens with one attached hydrogen (secondary N) is 1. The Hall–Kier alpha value is -0.900. The van der Waals surface area contributed by atoms with Crippen LogP contribution < -0.4 is 5.32 Å². The molecule has 1 aliphatic carbocycles. The quantitative estimate of drug-likeness (QED) is 0.772. The van der Waals surface area contributed by atoms with Gasteiger partial charge in [-0.25, -0.2) is 4.98 Å². The van der Waals surface area contributed by atoms with E-state index in [0.29, 0.717) is 5.92 Å². The predicted molar refractivity (Wildman–Crippen MR) is 86.5 cm³/mol. The van der Waals surface area contributed by atoms with Crippen molar-refractivity contribution in [3.05, 3.63) is 39.9 Å². The Bertz CT molecular complexity index is 573. The normalized spacial score (nSPS) is 14.7. The fourth-order valence-electron chi connectivity index (χ4n) is 2.26. The molecule has 3 rings (SSSR count). The average Bonchev–Trinajstić information content (AvgIpc) is 3.21. The molecule has 0 spiro atoms. The maximum Gasteiger partial charge on any atom is 0.123 e. The van der Waals surface area contributed by atoms with Gasteiger partial charge in [0, 0.05) is 27.9 Å². The summed E-state index contributed by atoms with van der Waals surface area (Å²) in [5, 5.41) is 5.40. The van der Waals surface area contributed by atoms with Crippen LogP contribution in [0.3, 0.4) is 0 Å². The van der Waals surface area contributed by atoms with Crippen LogP contribution in [0.1, 0.15) is 42.7 Å². The van der Waals surface area contributed by atoms with Gasteiger partial charge in [-0.15, -0.1) is 11.3 Å². The SMILES string of the molecule is CCCNCc1sc(-c2ccc(Cl)cc2)nc1C1CC1. The lowest BCUT2D eigenvalue weighted by Gasteiger charge is -2.01. The molecule has 1 heterocycles. The van der Waals surface area contributed by atoms with Crippen molar-refractivity contribution in [1.82, 2.24) is 10.3 Å². The minimum absolute atomic E-state index is 0.700. The number of thiazole rings is 1. The summed E-state index contributed by atoms with van der Waals surface area (Å²) in [7, 11) is 0. The van der Waals surface area contributed by atoms with Gasteiger partial charge in [-0.05, 0) is 37.9 Å². The van der Waals surface area contributed by atoms with E-state index < -0.39 is 0 Å². The van der Waals surface area contributed by atoms with Gasteiger partial charge in [0.1, 0.15) is 5.01 Å². The molecule has 1 N–H and O–H groups in total. The highest BCUT2D eigenvalue weighted by atomic mass is 35.5. The van der Waals surface area contributed by atoms with E-state index in [9.17, 15) is 0 Å².